The van der Waals surface area contributed by atoms with E-state index in [1.807, 2.05) is 36.1 Å². The maximum absolute atomic E-state index is 12.4. The molecule has 0 radical (unpaired) electrons. The van der Waals surface area contributed by atoms with Crippen LogP contribution in [0.25, 0.3) is 0 Å². The lowest BCUT2D eigenvalue weighted by Crippen LogP contribution is -2.46. The fourth-order valence-electron chi connectivity index (χ4n) is 2.69. The molecule has 0 bridgehead atoms. The number of nitrogens with one attached hydrogen (secondary N) is 1. The molecule has 0 aromatic heterocycles. The van der Waals surface area contributed by atoms with Crippen molar-refractivity contribution in [3.63, 3.8) is 0 Å². The van der Waals surface area contributed by atoms with Crippen molar-refractivity contribution in [3.05, 3.63) is 34.9 Å². The summed E-state index contributed by atoms with van der Waals surface area (Å²) in [7, 11) is 0. The van der Waals surface area contributed by atoms with Crippen LogP contribution in [0.4, 0.5) is 0 Å². The maximum Gasteiger partial charge on any atom is 0.227 e. The molecule has 110 valence electrons. The molecule has 1 saturated heterocycles. The first kappa shape index (κ1) is 15.3. The maximum atomic E-state index is 12.4. The highest BCUT2D eigenvalue weighted by atomic mass is 35.5. The van der Waals surface area contributed by atoms with Gasteiger partial charge >= 0.3 is 0 Å². The summed E-state index contributed by atoms with van der Waals surface area (Å²) in [4.78, 5) is 14.3. The molecule has 2 rings (SSSR count). The highest BCUT2D eigenvalue weighted by Crippen LogP contribution is 2.13. The Balaban J connectivity index is 1.91. The Labute approximate surface area is 126 Å². The van der Waals surface area contributed by atoms with Crippen LogP contribution in [0, 0.1) is 0 Å². The van der Waals surface area contributed by atoms with E-state index in [0.717, 1.165) is 25.2 Å². The molecule has 1 aliphatic rings. The molecule has 1 heterocycles. The largest absolute Gasteiger partial charge is 0.341 e. The number of hydrogen-bond acceptors (Lipinski definition) is 2. The molecule has 1 aromatic rings. The highest BCUT2D eigenvalue weighted by Gasteiger charge is 2.19. The van der Waals surface area contributed by atoms with Gasteiger partial charge in [-0.25, -0.2) is 0 Å². The topological polar surface area (TPSA) is 32.3 Å². The molecule has 0 aliphatic carbocycles. The zero-order chi connectivity index (χ0) is 14.4. The van der Waals surface area contributed by atoms with Gasteiger partial charge in [-0.1, -0.05) is 30.2 Å². The molecule has 1 aliphatic heterocycles. The zero-order valence-electron chi connectivity index (χ0n) is 12.1. The molecule has 1 unspecified atom stereocenters. The molecule has 1 N–H and O–H groups in total. The normalized spacial score (nSPS) is 18.8. The second-order valence-corrected chi connectivity index (χ2v) is 5.82. The predicted octanol–water partition coefficient (Wildman–Crippen LogP) is 2.87. The molecule has 1 atom stereocenters. The summed E-state index contributed by atoms with van der Waals surface area (Å²) in [6.07, 6.45) is 4.11. The van der Waals surface area contributed by atoms with E-state index >= 15 is 0 Å². The van der Waals surface area contributed by atoms with Gasteiger partial charge in [0.1, 0.15) is 0 Å². The van der Waals surface area contributed by atoms with E-state index in [9.17, 15) is 4.79 Å². The fraction of sp³-hybridized carbons (Fsp3) is 0.562. The van der Waals surface area contributed by atoms with Gasteiger partial charge in [-0.05, 0) is 44.0 Å². The SMILES string of the molecule is CCN(CC1CCCCN1)C(=O)Cc1cccc(Cl)c1. The first-order chi connectivity index (χ1) is 9.69. The fourth-order valence-corrected chi connectivity index (χ4v) is 2.90. The van der Waals surface area contributed by atoms with E-state index in [1.54, 1.807) is 0 Å². The quantitative estimate of drug-likeness (QED) is 0.906. The number of rotatable bonds is 5. The number of carbonyl (C=O) groups is 1. The summed E-state index contributed by atoms with van der Waals surface area (Å²) in [5.74, 6) is 0.183. The second-order valence-electron chi connectivity index (χ2n) is 5.39. The molecule has 3 nitrogen and oxygen atoms in total. The third-order valence-corrected chi connectivity index (χ3v) is 4.07. The van der Waals surface area contributed by atoms with Crippen LogP contribution in [0.15, 0.2) is 24.3 Å². The van der Waals surface area contributed by atoms with E-state index in [-0.39, 0.29) is 5.91 Å². The summed E-state index contributed by atoms with van der Waals surface area (Å²) in [5.41, 5.74) is 0.984. The summed E-state index contributed by atoms with van der Waals surface area (Å²) in [6.45, 7) is 4.69. The molecular weight excluding hydrogens is 272 g/mol. The Morgan fingerprint density at radius 2 is 2.30 bits per heavy atom. The Kier molecular flexibility index (Phi) is 5.86. The highest BCUT2D eigenvalue weighted by molar-refractivity contribution is 6.30. The number of piperidine rings is 1. The van der Waals surface area contributed by atoms with Crippen molar-refractivity contribution < 1.29 is 4.79 Å². The number of amides is 1. The smallest absolute Gasteiger partial charge is 0.227 e. The van der Waals surface area contributed by atoms with Crippen molar-refractivity contribution in [1.82, 2.24) is 10.2 Å². The third kappa shape index (κ3) is 4.50. The first-order valence-corrected chi connectivity index (χ1v) is 7.82. The minimum Gasteiger partial charge on any atom is -0.341 e. The van der Waals surface area contributed by atoms with Gasteiger partial charge in [-0.3, -0.25) is 4.79 Å². The summed E-state index contributed by atoms with van der Waals surface area (Å²) >= 11 is 5.96. The van der Waals surface area contributed by atoms with Gasteiger partial charge in [0, 0.05) is 24.2 Å². The van der Waals surface area contributed by atoms with Gasteiger partial charge in [0.25, 0.3) is 0 Å². The van der Waals surface area contributed by atoms with Crippen molar-refractivity contribution in [3.8, 4) is 0 Å². The number of likely N-dealkylation sites (N-methyl/N-ethyl adjacent to an activating group) is 1. The van der Waals surface area contributed by atoms with Gasteiger partial charge in [0.15, 0.2) is 0 Å². The van der Waals surface area contributed by atoms with E-state index in [1.165, 1.54) is 19.3 Å². The molecule has 0 saturated carbocycles. The molecule has 1 amide bonds. The van der Waals surface area contributed by atoms with Crippen LogP contribution < -0.4 is 5.32 Å². The van der Waals surface area contributed by atoms with E-state index in [0.29, 0.717) is 17.5 Å². The van der Waals surface area contributed by atoms with Crippen LogP contribution >= 0.6 is 11.6 Å². The van der Waals surface area contributed by atoms with Crippen molar-refractivity contribution >= 4 is 17.5 Å². The van der Waals surface area contributed by atoms with Crippen molar-refractivity contribution in [2.24, 2.45) is 0 Å². The number of halogens is 1. The third-order valence-electron chi connectivity index (χ3n) is 3.83. The minimum absolute atomic E-state index is 0.183. The average Bonchev–Trinajstić information content (AvgIpc) is 2.45. The minimum atomic E-state index is 0.183. The first-order valence-electron chi connectivity index (χ1n) is 7.44. The van der Waals surface area contributed by atoms with Gasteiger partial charge in [0.05, 0.1) is 6.42 Å². The number of nitrogens with zero attached hydrogens (tertiary/aromatic N) is 1. The summed E-state index contributed by atoms with van der Waals surface area (Å²) in [5, 5.41) is 4.18. The summed E-state index contributed by atoms with van der Waals surface area (Å²) < 4.78 is 0. The molecular formula is C16H23ClN2O. The lowest BCUT2D eigenvalue weighted by molar-refractivity contribution is -0.130. The van der Waals surface area contributed by atoms with Crippen LogP contribution in [0.2, 0.25) is 5.02 Å². The number of carbonyl (C=O) groups excluding carboxylic acids is 1. The van der Waals surface area contributed by atoms with Gasteiger partial charge in [-0.15, -0.1) is 0 Å². The Hall–Kier alpha value is -1.06. The van der Waals surface area contributed by atoms with Gasteiger partial charge in [0.2, 0.25) is 5.91 Å². The summed E-state index contributed by atoms with van der Waals surface area (Å²) in [6, 6.07) is 8.00. The molecule has 1 aromatic carbocycles. The second kappa shape index (κ2) is 7.65. The van der Waals surface area contributed by atoms with Crippen molar-refractivity contribution in [2.75, 3.05) is 19.6 Å². The monoisotopic (exact) mass is 294 g/mol. The Bertz CT molecular complexity index is 444. The van der Waals surface area contributed by atoms with Crippen molar-refractivity contribution in [1.29, 1.82) is 0 Å². The predicted molar refractivity (Wildman–Crippen MR) is 83.1 cm³/mol. The lowest BCUT2D eigenvalue weighted by atomic mass is 10.0. The molecule has 0 spiro atoms. The Morgan fingerprint density at radius 1 is 1.45 bits per heavy atom. The average molecular weight is 295 g/mol. The van der Waals surface area contributed by atoms with Crippen LogP contribution in [0.1, 0.15) is 31.7 Å². The molecule has 4 heteroatoms. The van der Waals surface area contributed by atoms with Crippen molar-refractivity contribution in [2.45, 2.75) is 38.6 Å². The van der Waals surface area contributed by atoms with Crippen LogP contribution in [-0.4, -0.2) is 36.5 Å². The number of benzene rings is 1. The van der Waals surface area contributed by atoms with Gasteiger partial charge < -0.3 is 10.2 Å². The zero-order valence-corrected chi connectivity index (χ0v) is 12.8. The van der Waals surface area contributed by atoms with Crippen LogP contribution in [0.5, 0.6) is 0 Å². The van der Waals surface area contributed by atoms with E-state index in [2.05, 4.69) is 5.32 Å². The van der Waals surface area contributed by atoms with Crippen LogP contribution in [0.3, 0.4) is 0 Å². The van der Waals surface area contributed by atoms with Crippen LogP contribution in [-0.2, 0) is 11.2 Å². The Morgan fingerprint density at radius 3 is 2.95 bits per heavy atom. The lowest BCUT2D eigenvalue weighted by Gasteiger charge is -2.30. The molecule has 20 heavy (non-hydrogen) atoms. The van der Waals surface area contributed by atoms with Gasteiger partial charge in [-0.2, -0.15) is 0 Å². The standard InChI is InChI=1S/C16H23ClN2O/c1-2-19(12-15-8-3-4-9-18-15)16(20)11-13-6-5-7-14(17)10-13/h5-7,10,15,18H,2-4,8-9,11-12H2,1H3. The number of hydrogen-bond donors (Lipinski definition) is 1. The van der Waals surface area contributed by atoms with E-state index < -0.39 is 0 Å². The van der Waals surface area contributed by atoms with E-state index in [4.69, 9.17) is 11.6 Å². The molecule has 1 fully saturated rings.